The quantitative estimate of drug-likeness (QED) is 0.138. The van der Waals surface area contributed by atoms with Crippen LogP contribution in [0.3, 0.4) is 0 Å². The minimum Gasteiger partial charge on any atom is -0.477 e. The number of anilines is 2. The van der Waals surface area contributed by atoms with Crippen molar-refractivity contribution in [3.05, 3.63) is 221 Å². The molecule has 8 aromatic rings. The average Bonchev–Trinajstić information content (AvgIpc) is 3.34. The van der Waals surface area contributed by atoms with Crippen molar-refractivity contribution in [3.8, 4) is 33.5 Å². The van der Waals surface area contributed by atoms with E-state index < -0.39 is 11.4 Å². The van der Waals surface area contributed by atoms with Crippen LogP contribution in [0.2, 0.25) is 0 Å². The van der Waals surface area contributed by atoms with Crippen LogP contribution in [0.4, 0.5) is 11.4 Å². The molecular formula is C60H58IrN4O2-2. The van der Waals surface area contributed by atoms with E-state index in [-0.39, 0.29) is 25.8 Å². The largest absolute Gasteiger partial charge is 0.477 e. The summed E-state index contributed by atoms with van der Waals surface area (Å²) in [6.07, 6.45) is 3.36. The van der Waals surface area contributed by atoms with Gasteiger partial charge in [0, 0.05) is 43.9 Å². The van der Waals surface area contributed by atoms with E-state index >= 15 is 0 Å². The van der Waals surface area contributed by atoms with Gasteiger partial charge in [0.2, 0.25) is 0 Å². The van der Waals surface area contributed by atoms with Crippen LogP contribution >= 0.6 is 0 Å². The molecule has 0 bridgehead atoms. The Morgan fingerprint density at radius 1 is 0.582 bits per heavy atom. The summed E-state index contributed by atoms with van der Waals surface area (Å²) in [5.74, 6) is 0.477. The second-order valence-corrected chi connectivity index (χ2v) is 18.4. The molecule has 4 heterocycles. The number of rotatable bonds is 10. The maximum Gasteiger partial charge on any atom is 0.354 e. The first-order valence-corrected chi connectivity index (χ1v) is 23.0. The zero-order chi connectivity index (χ0) is 46.7. The fourth-order valence-corrected chi connectivity index (χ4v) is 9.59. The maximum absolute atomic E-state index is 10.1. The average molecular weight is 1060 g/mol. The normalized spacial score (nSPS) is 14.0. The molecule has 341 valence electrons. The third kappa shape index (κ3) is 9.28. The van der Waals surface area contributed by atoms with Crippen molar-refractivity contribution < 1.29 is 30.0 Å². The Morgan fingerprint density at radius 3 is 1.66 bits per heavy atom. The molecule has 0 amide bonds. The van der Waals surface area contributed by atoms with E-state index in [4.69, 9.17) is 15.1 Å². The molecule has 0 aliphatic carbocycles. The molecule has 1 N–H and O–H groups in total. The van der Waals surface area contributed by atoms with Gasteiger partial charge in [0.25, 0.3) is 0 Å². The Labute approximate surface area is 410 Å². The minimum atomic E-state index is -0.990. The Hall–Kier alpha value is -6.53. The molecule has 0 saturated carbocycles. The number of aromatic nitrogens is 3. The number of benzene rings is 5. The van der Waals surface area contributed by atoms with Gasteiger partial charge >= 0.3 is 5.97 Å². The van der Waals surface area contributed by atoms with Crippen LogP contribution in [0.15, 0.2) is 158 Å². The number of fused-ring (bicyclic) bond motifs is 2. The van der Waals surface area contributed by atoms with Crippen molar-refractivity contribution in [2.24, 2.45) is 0 Å². The van der Waals surface area contributed by atoms with Crippen molar-refractivity contribution in [2.75, 3.05) is 11.9 Å². The van der Waals surface area contributed by atoms with E-state index in [0.29, 0.717) is 23.7 Å². The van der Waals surface area contributed by atoms with Gasteiger partial charge in [-0.2, -0.15) is 12.1 Å². The molecule has 7 heteroatoms. The van der Waals surface area contributed by atoms with Gasteiger partial charge in [-0.25, -0.2) is 9.78 Å². The predicted molar refractivity (Wildman–Crippen MR) is 270 cm³/mol. The Morgan fingerprint density at radius 2 is 1.13 bits per heavy atom. The van der Waals surface area contributed by atoms with Crippen molar-refractivity contribution in [1.29, 1.82) is 0 Å². The maximum atomic E-state index is 10.1. The Bertz CT molecular complexity index is 2820. The number of hydrogen-bond acceptors (Lipinski definition) is 5. The number of hydrogen-bond donors (Lipinski definition) is 1. The summed E-state index contributed by atoms with van der Waals surface area (Å²) in [6.45, 7) is 18.4. The van der Waals surface area contributed by atoms with Crippen LogP contribution in [0, 0.1) is 12.1 Å². The molecule has 0 spiro atoms. The van der Waals surface area contributed by atoms with Gasteiger partial charge in [-0.15, -0.1) is 53.1 Å². The Balaban J connectivity index is 0.000000598. The fourth-order valence-electron chi connectivity index (χ4n) is 9.59. The summed E-state index contributed by atoms with van der Waals surface area (Å²) < 4.78 is 0. The molecule has 1 radical (unpaired) electrons. The fraction of sp³-hybridized carbons (Fsp3) is 0.233. The first-order chi connectivity index (χ1) is 31.8. The summed E-state index contributed by atoms with van der Waals surface area (Å²) in [7, 11) is 2.22. The molecule has 1 atom stereocenters. The van der Waals surface area contributed by atoms with E-state index in [0.717, 1.165) is 45.1 Å². The van der Waals surface area contributed by atoms with Gasteiger partial charge in [-0.1, -0.05) is 139 Å². The zero-order valence-corrected chi connectivity index (χ0v) is 42.2. The molecule has 67 heavy (non-hydrogen) atoms. The van der Waals surface area contributed by atoms with Crippen molar-refractivity contribution in [1.82, 2.24) is 15.0 Å². The first kappa shape index (κ1) is 48.4. The molecular weight excluding hydrogens is 1000 g/mol. The minimum absolute atomic E-state index is 0. The van der Waals surface area contributed by atoms with Gasteiger partial charge in [0.15, 0.2) is 0 Å². The monoisotopic (exact) mass is 1060 g/mol. The molecule has 1 aliphatic rings. The topological polar surface area (TPSA) is 79.2 Å². The molecule has 6 nitrogen and oxygen atoms in total. The number of carboxylic acids is 1. The van der Waals surface area contributed by atoms with E-state index in [9.17, 15) is 4.79 Å². The summed E-state index contributed by atoms with van der Waals surface area (Å²) in [5.41, 5.74) is 17.7. The first-order valence-electron chi connectivity index (χ1n) is 23.0. The standard InChI is InChI=1S/C54H53N3.C6H5NO2.Ir/c1-34(2)41-20-15-21-42(35(3)4)52(41)39-27-29-45-48(32-39)57(9)49-33-40(53-43(36(5)6)22-16-23-44(53)37(7)8)28-30-46(49)54(45,50-25-13-14-31-55-50)51-26-17-24-47(56-51)38-18-11-10-12-19-38;8-6(9)5-3-1-2-4-7-5;/h10-18,20-29,31-37H,1-9H3;1-4H,(H,8,9);/q-2;;/t54-;;/m0../s1. The van der Waals surface area contributed by atoms with Crippen molar-refractivity contribution >= 4 is 17.3 Å². The van der Waals surface area contributed by atoms with E-state index in [1.807, 2.05) is 30.5 Å². The van der Waals surface area contributed by atoms with Gasteiger partial charge in [-0.3, -0.25) is 9.97 Å². The number of carbonyl (C=O) groups is 1. The summed E-state index contributed by atoms with van der Waals surface area (Å²) in [5, 5.41) is 8.32. The molecule has 1 aliphatic heterocycles. The van der Waals surface area contributed by atoms with Gasteiger partial charge in [0.1, 0.15) is 5.69 Å². The van der Waals surface area contributed by atoms with Crippen LogP contribution in [-0.4, -0.2) is 33.1 Å². The number of carboxylic acid groups (broad SMARTS) is 1. The predicted octanol–water partition coefficient (Wildman–Crippen LogP) is 14.8. The third-order valence-corrected chi connectivity index (χ3v) is 12.8. The smallest absolute Gasteiger partial charge is 0.354 e. The molecule has 0 fully saturated rings. The second-order valence-electron chi connectivity index (χ2n) is 18.4. The van der Waals surface area contributed by atoms with Gasteiger partial charge < -0.3 is 10.0 Å². The van der Waals surface area contributed by atoms with Crippen LogP contribution in [0.25, 0.3) is 33.5 Å². The van der Waals surface area contributed by atoms with E-state index in [2.05, 4.69) is 188 Å². The number of pyridine rings is 3. The van der Waals surface area contributed by atoms with Gasteiger partial charge in [0.05, 0.1) is 11.1 Å². The van der Waals surface area contributed by atoms with Crippen LogP contribution in [0.1, 0.15) is 134 Å². The molecule has 3 aromatic heterocycles. The molecule has 5 aromatic carbocycles. The van der Waals surface area contributed by atoms with Crippen LogP contribution in [-0.2, 0) is 25.5 Å². The molecule has 0 unspecified atom stereocenters. The molecule has 0 saturated heterocycles. The second kappa shape index (κ2) is 20.5. The third-order valence-electron chi connectivity index (χ3n) is 12.8. The van der Waals surface area contributed by atoms with E-state index in [1.54, 1.807) is 12.1 Å². The number of aromatic carboxylic acids is 1. The summed E-state index contributed by atoms with van der Waals surface area (Å²) in [6, 6.07) is 58.2. The SMILES string of the molecule is CC(C)c1cccc(C(C)C)c1-c1c[c-]c2c(c1)N(C)c1cc(-c3c(C(C)C)cccc3C(C)C)ccc1[C@]2(c1ccccn1)c1cccc(-c2[c-]cccc2)n1.O=C(O)c1ccccn1.[Ir]. The zero-order valence-electron chi connectivity index (χ0n) is 39.8. The van der Waals surface area contributed by atoms with Crippen LogP contribution < -0.4 is 4.90 Å². The summed E-state index contributed by atoms with van der Waals surface area (Å²) >= 11 is 0. The molecule has 9 rings (SSSR count). The van der Waals surface area contributed by atoms with Crippen LogP contribution in [0.5, 0.6) is 0 Å². The van der Waals surface area contributed by atoms with Gasteiger partial charge in [-0.05, 0) is 112 Å². The Kier molecular flexibility index (Phi) is 14.8. The number of nitrogens with zero attached hydrogens (tertiary/aromatic N) is 4. The van der Waals surface area contributed by atoms with Crippen molar-refractivity contribution in [2.45, 2.75) is 84.5 Å². The van der Waals surface area contributed by atoms with E-state index in [1.165, 1.54) is 56.8 Å². The van der Waals surface area contributed by atoms with Crippen molar-refractivity contribution in [3.63, 3.8) is 0 Å². The summed E-state index contributed by atoms with van der Waals surface area (Å²) in [4.78, 5) is 26.8.